The molecule has 66 valence electrons. The van der Waals surface area contributed by atoms with Gasteiger partial charge in [0, 0.05) is 0 Å². The van der Waals surface area contributed by atoms with Crippen molar-refractivity contribution in [3.8, 4) is 0 Å². The standard InChI is InChI=1S/C5H7N3O4/c1-11-8-5(10)4-3(2-9)6-12-7-4/h9H,2H2,1H3,(H,8,10). The minimum Gasteiger partial charge on any atom is -0.390 e. The van der Waals surface area contributed by atoms with Gasteiger partial charge >= 0.3 is 0 Å². The highest BCUT2D eigenvalue weighted by Crippen LogP contribution is 2.01. The summed E-state index contributed by atoms with van der Waals surface area (Å²) >= 11 is 0. The second-order valence-corrected chi connectivity index (χ2v) is 1.85. The largest absolute Gasteiger partial charge is 0.390 e. The number of aliphatic hydroxyl groups excluding tert-OH is 1. The summed E-state index contributed by atoms with van der Waals surface area (Å²) in [7, 11) is 1.28. The zero-order chi connectivity index (χ0) is 8.97. The third kappa shape index (κ3) is 1.57. The van der Waals surface area contributed by atoms with E-state index in [0.29, 0.717) is 0 Å². The molecule has 1 rings (SSSR count). The lowest BCUT2D eigenvalue weighted by Gasteiger charge is -1.96. The highest BCUT2D eigenvalue weighted by molar-refractivity contribution is 5.92. The number of carbonyl (C=O) groups excluding carboxylic acids is 1. The molecule has 12 heavy (non-hydrogen) atoms. The number of amides is 1. The number of aromatic nitrogens is 2. The molecule has 0 spiro atoms. The summed E-state index contributed by atoms with van der Waals surface area (Å²) in [5, 5.41) is 15.2. The number of hydrogen-bond acceptors (Lipinski definition) is 6. The predicted octanol–water partition coefficient (Wildman–Crippen LogP) is -1.15. The molecule has 0 aromatic carbocycles. The van der Waals surface area contributed by atoms with Crippen LogP contribution in [0.3, 0.4) is 0 Å². The summed E-state index contributed by atoms with van der Waals surface area (Å²) in [6.07, 6.45) is 0. The molecule has 0 aliphatic heterocycles. The van der Waals surface area contributed by atoms with Crippen LogP contribution in [-0.2, 0) is 11.4 Å². The Kier molecular flexibility index (Phi) is 2.72. The number of carbonyl (C=O) groups is 1. The highest BCUT2D eigenvalue weighted by Gasteiger charge is 2.16. The van der Waals surface area contributed by atoms with Crippen LogP contribution in [0, 0.1) is 0 Å². The van der Waals surface area contributed by atoms with Crippen molar-refractivity contribution in [3.63, 3.8) is 0 Å². The lowest BCUT2D eigenvalue weighted by atomic mass is 10.3. The smallest absolute Gasteiger partial charge is 0.299 e. The lowest BCUT2D eigenvalue weighted by molar-refractivity contribution is 0.0526. The second-order valence-electron chi connectivity index (χ2n) is 1.85. The molecule has 1 aromatic rings. The summed E-state index contributed by atoms with van der Waals surface area (Å²) in [4.78, 5) is 15.3. The average Bonchev–Trinajstić information content (AvgIpc) is 2.51. The molecule has 1 heterocycles. The third-order valence-electron chi connectivity index (χ3n) is 1.12. The van der Waals surface area contributed by atoms with E-state index in [-0.39, 0.29) is 11.4 Å². The van der Waals surface area contributed by atoms with Gasteiger partial charge in [0.1, 0.15) is 5.69 Å². The van der Waals surface area contributed by atoms with Crippen LogP contribution < -0.4 is 5.48 Å². The monoisotopic (exact) mass is 173 g/mol. The molecule has 7 heteroatoms. The van der Waals surface area contributed by atoms with Gasteiger partial charge in [0.25, 0.3) is 5.91 Å². The average molecular weight is 173 g/mol. The Morgan fingerprint density at radius 2 is 2.50 bits per heavy atom. The zero-order valence-electron chi connectivity index (χ0n) is 6.27. The fourth-order valence-electron chi connectivity index (χ4n) is 0.624. The number of hydroxylamine groups is 1. The number of rotatable bonds is 3. The maximum Gasteiger partial charge on any atom is 0.299 e. The summed E-state index contributed by atoms with van der Waals surface area (Å²) in [5.74, 6) is -0.609. The number of aliphatic hydroxyl groups is 1. The van der Waals surface area contributed by atoms with Crippen molar-refractivity contribution in [2.75, 3.05) is 7.11 Å². The van der Waals surface area contributed by atoms with Crippen LogP contribution in [0.25, 0.3) is 0 Å². The SMILES string of the molecule is CONC(=O)c1nonc1CO. The number of hydrogen-bond donors (Lipinski definition) is 2. The van der Waals surface area contributed by atoms with E-state index in [1.54, 1.807) is 0 Å². The minimum absolute atomic E-state index is 0.0737. The fourth-order valence-corrected chi connectivity index (χ4v) is 0.624. The summed E-state index contributed by atoms with van der Waals surface area (Å²) in [5.41, 5.74) is 2.00. The van der Waals surface area contributed by atoms with Crippen molar-refractivity contribution >= 4 is 5.91 Å². The molecule has 0 atom stereocenters. The Labute approximate surface area is 67.2 Å². The lowest BCUT2D eigenvalue weighted by Crippen LogP contribution is -2.23. The molecular formula is C5H7N3O4. The van der Waals surface area contributed by atoms with Gasteiger partial charge < -0.3 is 5.11 Å². The van der Waals surface area contributed by atoms with E-state index in [9.17, 15) is 4.79 Å². The van der Waals surface area contributed by atoms with Gasteiger partial charge in [-0.05, 0) is 5.16 Å². The number of nitrogens with one attached hydrogen (secondary N) is 1. The molecule has 0 saturated heterocycles. The summed E-state index contributed by atoms with van der Waals surface area (Å²) in [6.45, 7) is -0.407. The maximum atomic E-state index is 11.0. The van der Waals surface area contributed by atoms with Crippen LogP contribution in [0.4, 0.5) is 0 Å². The first-order chi connectivity index (χ1) is 5.79. The molecule has 1 aromatic heterocycles. The Morgan fingerprint density at radius 3 is 3.08 bits per heavy atom. The minimum atomic E-state index is -0.609. The summed E-state index contributed by atoms with van der Waals surface area (Å²) in [6, 6.07) is 0. The van der Waals surface area contributed by atoms with E-state index >= 15 is 0 Å². The van der Waals surface area contributed by atoms with Crippen molar-refractivity contribution in [3.05, 3.63) is 11.4 Å². The van der Waals surface area contributed by atoms with Crippen LogP contribution in [0.1, 0.15) is 16.2 Å². The van der Waals surface area contributed by atoms with Crippen LogP contribution in [-0.4, -0.2) is 28.4 Å². The molecule has 1 amide bonds. The second kappa shape index (κ2) is 3.79. The molecule has 0 radical (unpaired) electrons. The molecule has 0 aliphatic carbocycles. The summed E-state index contributed by atoms with van der Waals surface area (Å²) < 4.78 is 4.23. The van der Waals surface area contributed by atoms with E-state index in [0.717, 1.165) is 0 Å². The van der Waals surface area contributed by atoms with Crippen LogP contribution in [0.5, 0.6) is 0 Å². The fraction of sp³-hybridized carbons (Fsp3) is 0.400. The Balaban J connectivity index is 2.79. The van der Waals surface area contributed by atoms with E-state index in [1.165, 1.54) is 7.11 Å². The van der Waals surface area contributed by atoms with Gasteiger partial charge in [0.15, 0.2) is 5.69 Å². The third-order valence-corrected chi connectivity index (χ3v) is 1.12. The normalized spacial score (nSPS) is 9.83. The maximum absolute atomic E-state index is 11.0. The van der Waals surface area contributed by atoms with Crippen molar-refractivity contribution in [2.45, 2.75) is 6.61 Å². The van der Waals surface area contributed by atoms with Crippen molar-refractivity contribution < 1.29 is 19.4 Å². The van der Waals surface area contributed by atoms with Gasteiger partial charge in [-0.2, -0.15) is 0 Å². The van der Waals surface area contributed by atoms with E-state index in [4.69, 9.17) is 5.11 Å². The first-order valence-corrected chi connectivity index (χ1v) is 3.05. The molecule has 2 N–H and O–H groups in total. The van der Waals surface area contributed by atoms with E-state index in [1.807, 2.05) is 5.48 Å². The van der Waals surface area contributed by atoms with Gasteiger partial charge in [-0.25, -0.2) is 10.1 Å². The van der Waals surface area contributed by atoms with Crippen LogP contribution >= 0.6 is 0 Å². The molecule has 0 saturated carbocycles. The van der Waals surface area contributed by atoms with Gasteiger partial charge in [0.2, 0.25) is 0 Å². The number of nitrogens with zero attached hydrogens (tertiary/aromatic N) is 2. The molecular weight excluding hydrogens is 166 g/mol. The van der Waals surface area contributed by atoms with Crippen molar-refractivity contribution in [1.29, 1.82) is 0 Å². The van der Waals surface area contributed by atoms with E-state index in [2.05, 4.69) is 19.8 Å². The Hall–Kier alpha value is -1.47. The van der Waals surface area contributed by atoms with Gasteiger partial charge in [-0.3, -0.25) is 9.63 Å². The highest BCUT2D eigenvalue weighted by atomic mass is 16.6. The van der Waals surface area contributed by atoms with E-state index < -0.39 is 12.5 Å². The Bertz CT molecular complexity index is 271. The first-order valence-electron chi connectivity index (χ1n) is 3.05. The van der Waals surface area contributed by atoms with Crippen LogP contribution in [0.2, 0.25) is 0 Å². The van der Waals surface area contributed by atoms with Gasteiger partial charge in [0.05, 0.1) is 13.7 Å². The van der Waals surface area contributed by atoms with Crippen molar-refractivity contribution in [2.24, 2.45) is 0 Å². The molecule has 0 unspecified atom stereocenters. The molecule has 0 fully saturated rings. The topological polar surface area (TPSA) is 97.5 Å². The molecule has 0 aliphatic rings. The molecule has 0 bridgehead atoms. The quantitative estimate of drug-likeness (QED) is 0.560. The van der Waals surface area contributed by atoms with Crippen LogP contribution in [0.15, 0.2) is 4.63 Å². The molecule has 7 nitrogen and oxygen atoms in total. The predicted molar refractivity (Wildman–Crippen MR) is 34.7 cm³/mol. The zero-order valence-corrected chi connectivity index (χ0v) is 6.27. The van der Waals surface area contributed by atoms with Crippen molar-refractivity contribution in [1.82, 2.24) is 15.8 Å². The van der Waals surface area contributed by atoms with Gasteiger partial charge in [-0.15, -0.1) is 0 Å². The van der Waals surface area contributed by atoms with Gasteiger partial charge in [-0.1, -0.05) is 5.16 Å². The first kappa shape index (κ1) is 8.62. The Morgan fingerprint density at radius 1 is 1.75 bits per heavy atom.